The van der Waals surface area contributed by atoms with Gasteiger partial charge in [0, 0.05) is 37.3 Å². The van der Waals surface area contributed by atoms with Gasteiger partial charge in [0.2, 0.25) is 5.91 Å². The van der Waals surface area contributed by atoms with Crippen molar-refractivity contribution in [1.29, 1.82) is 0 Å². The van der Waals surface area contributed by atoms with Crippen LogP contribution in [0.15, 0.2) is 63.9 Å². The Hall–Kier alpha value is -2.97. The lowest BCUT2D eigenvalue weighted by molar-refractivity contribution is -0.159. The molecule has 0 atom stereocenters. The van der Waals surface area contributed by atoms with Gasteiger partial charge in [-0.15, -0.1) is 0 Å². The fraction of sp³-hybridized carbons (Fsp3) is 0.238. The van der Waals surface area contributed by atoms with E-state index in [1.807, 2.05) is 30.3 Å². The maximum atomic E-state index is 11.7. The number of carbonyl (C=O) groups excluding carboxylic acids is 1. The van der Waals surface area contributed by atoms with Gasteiger partial charge in [-0.2, -0.15) is 0 Å². The summed E-state index contributed by atoms with van der Waals surface area (Å²) in [5, 5.41) is 9.71. The number of benzene rings is 2. The van der Waals surface area contributed by atoms with Crippen molar-refractivity contribution in [2.24, 2.45) is 0 Å². The van der Waals surface area contributed by atoms with Gasteiger partial charge in [0.25, 0.3) is 0 Å². The Labute approximate surface area is 169 Å². The van der Waals surface area contributed by atoms with Crippen LogP contribution in [0, 0.1) is 0 Å². The number of carbonyl (C=O) groups is 1. The monoisotopic (exact) mass is 414 g/mol. The minimum atomic E-state index is -3.29. The number of oxazole rings is 1. The topological polar surface area (TPSA) is 101 Å². The summed E-state index contributed by atoms with van der Waals surface area (Å²) in [4.78, 5) is 16.4. The van der Waals surface area contributed by atoms with Crippen molar-refractivity contribution in [1.82, 2.24) is 10.0 Å². The van der Waals surface area contributed by atoms with Crippen molar-refractivity contribution >= 4 is 15.7 Å². The number of hydrogen-bond acceptors (Lipinski definition) is 6. The van der Waals surface area contributed by atoms with E-state index in [2.05, 4.69) is 4.98 Å². The van der Waals surface area contributed by atoms with Crippen LogP contribution in [-0.2, 0) is 21.1 Å². The van der Waals surface area contributed by atoms with E-state index in [4.69, 9.17) is 9.62 Å². The molecule has 8 heteroatoms. The van der Waals surface area contributed by atoms with E-state index < -0.39 is 9.84 Å². The molecule has 152 valence electrons. The summed E-state index contributed by atoms with van der Waals surface area (Å²) in [6.07, 6.45) is 2.25. The molecule has 1 heterocycles. The quantitative estimate of drug-likeness (QED) is 0.468. The number of rotatable bonds is 7. The highest BCUT2D eigenvalue weighted by Crippen LogP contribution is 2.33. The van der Waals surface area contributed by atoms with Gasteiger partial charge in [-0.25, -0.2) is 18.5 Å². The van der Waals surface area contributed by atoms with Crippen molar-refractivity contribution < 1.29 is 22.8 Å². The summed E-state index contributed by atoms with van der Waals surface area (Å²) in [5.41, 5.74) is 2.23. The molecule has 0 bridgehead atoms. The molecule has 0 unspecified atom stereocenters. The first-order chi connectivity index (χ1) is 13.8. The molecule has 1 N–H and O–H groups in total. The van der Waals surface area contributed by atoms with Crippen LogP contribution in [0.3, 0.4) is 0 Å². The van der Waals surface area contributed by atoms with E-state index in [0.717, 1.165) is 11.8 Å². The zero-order valence-corrected chi connectivity index (χ0v) is 17.0. The highest BCUT2D eigenvalue weighted by molar-refractivity contribution is 7.90. The molecule has 2 aromatic carbocycles. The molecule has 0 saturated carbocycles. The summed E-state index contributed by atoms with van der Waals surface area (Å²) in [6, 6.07) is 16.0. The number of nitrogens with zero attached hydrogens (tertiary/aromatic N) is 2. The second kappa shape index (κ2) is 8.59. The maximum Gasteiger partial charge on any atom is 0.245 e. The second-order valence-corrected chi connectivity index (χ2v) is 8.73. The maximum absolute atomic E-state index is 11.7. The third-order valence-corrected chi connectivity index (χ3v) is 5.53. The van der Waals surface area contributed by atoms with Crippen LogP contribution < -0.4 is 0 Å². The Morgan fingerprint density at radius 3 is 2.31 bits per heavy atom. The molecule has 0 aliphatic rings. The highest BCUT2D eigenvalue weighted by atomic mass is 32.2. The molecule has 7 nitrogen and oxygen atoms in total. The number of aryl methyl sites for hydroxylation is 1. The molecule has 0 fully saturated rings. The molecule has 3 aromatic rings. The second-order valence-electron chi connectivity index (χ2n) is 6.72. The third-order valence-electron chi connectivity index (χ3n) is 4.41. The van der Waals surface area contributed by atoms with Gasteiger partial charge >= 0.3 is 0 Å². The lowest BCUT2D eigenvalue weighted by Gasteiger charge is -2.06. The van der Waals surface area contributed by atoms with Gasteiger partial charge < -0.3 is 4.42 Å². The third kappa shape index (κ3) is 5.10. The van der Waals surface area contributed by atoms with Crippen LogP contribution in [0.4, 0.5) is 0 Å². The summed E-state index contributed by atoms with van der Waals surface area (Å²) in [5.74, 6) is 0.632. The van der Waals surface area contributed by atoms with E-state index in [1.165, 1.54) is 19.2 Å². The lowest BCUT2D eigenvalue weighted by atomic mass is 10.1. The van der Waals surface area contributed by atoms with E-state index in [0.29, 0.717) is 40.8 Å². The summed E-state index contributed by atoms with van der Waals surface area (Å²) < 4.78 is 29.4. The standard InChI is InChI=1S/C21H22N2O5S/c1-23(25)19(24)10-6-9-18-22-20(15-7-4-3-5-8-15)21(28-18)16-11-13-17(14-12-16)29(2,26)27/h3-5,7-8,11-14,25H,6,9-10H2,1-2H3. The average molecular weight is 414 g/mol. The largest absolute Gasteiger partial charge is 0.440 e. The minimum Gasteiger partial charge on any atom is -0.440 e. The van der Waals surface area contributed by atoms with E-state index in [9.17, 15) is 13.2 Å². The van der Waals surface area contributed by atoms with Crippen LogP contribution in [0.1, 0.15) is 18.7 Å². The van der Waals surface area contributed by atoms with E-state index in [-0.39, 0.29) is 17.2 Å². The number of hydrogen-bond donors (Lipinski definition) is 1. The van der Waals surface area contributed by atoms with Crippen molar-refractivity contribution in [2.75, 3.05) is 13.3 Å². The molecule has 0 aliphatic heterocycles. The van der Waals surface area contributed by atoms with Gasteiger partial charge in [0.15, 0.2) is 21.5 Å². The minimum absolute atomic E-state index is 0.175. The van der Waals surface area contributed by atoms with Crippen molar-refractivity contribution in [3.63, 3.8) is 0 Å². The number of sulfone groups is 1. The Balaban J connectivity index is 1.92. The fourth-order valence-corrected chi connectivity index (χ4v) is 3.50. The lowest BCUT2D eigenvalue weighted by Crippen LogP contribution is -2.22. The summed E-state index contributed by atoms with van der Waals surface area (Å²) >= 11 is 0. The highest BCUT2D eigenvalue weighted by Gasteiger charge is 2.18. The smallest absolute Gasteiger partial charge is 0.245 e. The Bertz CT molecular complexity index is 1090. The molecule has 1 aromatic heterocycles. The molecule has 1 amide bonds. The van der Waals surface area contributed by atoms with Crippen LogP contribution in [0.25, 0.3) is 22.6 Å². The van der Waals surface area contributed by atoms with Gasteiger partial charge in [-0.1, -0.05) is 30.3 Å². The van der Waals surface area contributed by atoms with Gasteiger partial charge in [0.1, 0.15) is 5.69 Å². The number of amides is 1. The normalized spacial score (nSPS) is 11.4. The Kier molecular flexibility index (Phi) is 6.14. The van der Waals surface area contributed by atoms with Gasteiger partial charge in [-0.3, -0.25) is 10.0 Å². The van der Waals surface area contributed by atoms with Crippen LogP contribution in [0.5, 0.6) is 0 Å². The molecule has 0 aliphatic carbocycles. The number of aromatic nitrogens is 1. The van der Waals surface area contributed by atoms with Crippen molar-refractivity contribution in [3.05, 3.63) is 60.5 Å². The number of hydroxylamine groups is 2. The van der Waals surface area contributed by atoms with Crippen LogP contribution >= 0.6 is 0 Å². The first-order valence-electron chi connectivity index (χ1n) is 9.07. The van der Waals surface area contributed by atoms with Crippen LogP contribution in [0.2, 0.25) is 0 Å². The molecular weight excluding hydrogens is 392 g/mol. The molecular formula is C21H22N2O5S. The van der Waals surface area contributed by atoms with Gasteiger partial charge in [0.05, 0.1) is 4.90 Å². The molecule has 0 spiro atoms. The molecule has 0 saturated heterocycles. The van der Waals surface area contributed by atoms with Crippen molar-refractivity contribution in [3.8, 4) is 22.6 Å². The fourth-order valence-electron chi connectivity index (χ4n) is 2.86. The molecule has 3 rings (SSSR count). The SMILES string of the molecule is CN(O)C(=O)CCCc1nc(-c2ccccc2)c(-c2ccc(S(C)(=O)=O)cc2)o1. The van der Waals surface area contributed by atoms with E-state index >= 15 is 0 Å². The Morgan fingerprint density at radius 2 is 1.72 bits per heavy atom. The van der Waals surface area contributed by atoms with Crippen molar-refractivity contribution in [2.45, 2.75) is 24.2 Å². The first-order valence-corrected chi connectivity index (χ1v) is 11.0. The summed E-state index contributed by atoms with van der Waals surface area (Å²) in [7, 11) is -2.00. The summed E-state index contributed by atoms with van der Waals surface area (Å²) in [6.45, 7) is 0. The molecule has 0 radical (unpaired) electrons. The zero-order valence-electron chi connectivity index (χ0n) is 16.2. The zero-order chi connectivity index (χ0) is 21.0. The van der Waals surface area contributed by atoms with E-state index in [1.54, 1.807) is 12.1 Å². The predicted octanol–water partition coefficient (Wildman–Crippen LogP) is 3.58. The molecule has 29 heavy (non-hydrogen) atoms. The first kappa shape index (κ1) is 20.8. The van der Waals surface area contributed by atoms with Crippen LogP contribution in [-0.4, -0.2) is 42.9 Å². The van der Waals surface area contributed by atoms with Gasteiger partial charge in [-0.05, 0) is 30.7 Å². The Morgan fingerprint density at radius 1 is 1.07 bits per heavy atom. The average Bonchev–Trinajstić information content (AvgIpc) is 3.12. The predicted molar refractivity (Wildman–Crippen MR) is 108 cm³/mol.